The molecule has 4 nitrogen and oxygen atoms in total. The lowest BCUT2D eigenvalue weighted by atomic mass is 9.92. The molecular formula is C55H31F9N4. The molecule has 8 aromatic carbocycles. The van der Waals surface area contributed by atoms with E-state index in [0.29, 0.717) is 65.9 Å². The number of nitriles is 1. The lowest BCUT2D eigenvalue weighted by molar-refractivity contribution is -0.138. The fourth-order valence-corrected chi connectivity index (χ4v) is 9.46. The van der Waals surface area contributed by atoms with Gasteiger partial charge in [0.05, 0.1) is 68.3 Å². The third-order valence-corrected chi connectivity index (χ3v) is 12.2. The fourth-order valence-electron chi connectivity index (χ4n) is 9.46. The van der Waals surface area contributed by atoms with Crippen molar-refractivity contribution in [3.63, 3.8) is 0 Å². The van der Waals surface area contributed by atoms with Crippen LogP contribution < -0.4 is 0 Å². The Morgan fingerprint density at radius 1 is 0.456 bits per heavy atom. The monoisotopic (exact) mass is 918 g/mol. The van der Waals surface area contributed by atoms with Gasteiger partial charge in [0.15, 0.2) is 5.69 Å². The maximum atomic E-state index is 15.6. The van der Waals surface area contributed by atoms with Gasteiger partial charge in [-0.15, -0.1) is 0 Å². The second kappa shape index (κ2) is 15.7. The van der Waals surface area contributed by atoms with E-state index in [9.17, 15) is 31.6 Å². The molecule has 0 saturated carbocycles. The zero-order valence-electron chi connectivity index (χ0n) is 35.6. The van der Waals surface area contributed by atoms with Crippen molar-refractivity contribution in [2.75, 3.05) is 0 Å². The zero-order valence-corrected chi connectivity index (χ0v) is 35.6. The lowest BCUT2D eigenvalue weighted by Crippen LogP contribution is -2.11. The molecule has 2 heterocycles. The van der Waals surface area contributed by atoms with Crippen LogP contribution in [0.4, 0.5) is 45.2 Å². The van der Waals surface area contributed by atoms with Crippen LogP contribution in [0.2, 0.25) is 0 Å². The smallest absolute Gasteiger partial charge is 0.309 e. The molecule has 10 aromatic rings. The standard InChI is InChI=1S/C55H31F9N4/c1-30-19-35(25-37(21-30)53(56,57)58)33-15-17-41-39-9-4-6-13-45(39)67(47(41)27-33)49-23-32(29-65)24-50(52(49)51-43(55(62,63)64)11-8-12-44(51)66-3)68-46-14-7-5-10-40(46)42-18-16-34(28-48(42)68)36-20-31(2)22-38(26-36)54(59,60)61/h4-28H,1-2H3. The van der Waals surface area contributed by atoms with Crippen molar-refractivity contribution < 1.29 is 39.5 Å². The molecule has 0 saturated heterocycles. The average molecular weight is 919 g/mol. The minimum absolute atomic E-state index is 0.00113. The Morgan fingerprint density at radius 2 is 0.912 bits per heavy atom. The van der Waals surface area contributed by atoms with Gasteiger partial charge in [0, 0.05) is 32.7 Å². The molecule has 0 aliphatic carbocycles. The average Bonchev–Trinajstić information content (AvgIpc) is 3.81. The summed E-state index contributed by atoms with van der Waals surface area (Å²) in [5.74, 6) is 0. The van der Waals surface area contributed by atoms with Gasteiger partial charge in [-0.2, -0.15) is 44.8 Å². The van der Waals surface area contributed by atoms with Crippen LogP contribution in [-0.4, -0.2) is 9.13 Å². The number of aromatic nitrogens is 2. The molecule has 2 aromatic heterocycles. The molecule has 0 aliphatic heterocycles. The van der Waals surface area contributed by atoms with E-state index in [-0.39, 0.29) is 39.3 Å². The van der Waals surface area contributed by atoms with E-state index >= 15 is 13.2 Å². The number of para-hydroxylation sites is 2. The molecule has 0 fully saturated rings. The first kappa shape index (κ1) is 43.6. The molecule has 10 rings (SSSR count). The van der Waals surface area contributed by atoms with Gasteiger partial charge in [0.1, 0.15) is 0 Å². The molecule has 0 radical (unpaired) electrons. The van der Waals surface area contributed by atoms with Crippen LogP contribution >= 0.6 is 0 Å². The molecule has 13 heteroatoms. The Kier molecular flexibility index (Phi) is 10.0. The molecule has 334 valence electrons. The fraction of sp³-hybridized carbons (Fsp3) is 0.0909. The van der Waals surface area contributed by atoms with Crippen molar-refractivity contribution in [3.05, 3.63) is 196 Å². The number of alkyl halides is 9. The highest BCUT2D eigenvalue weighted by Crippen LogP contribution is 2.50. The number of halogens is 9. The highest BCUT2D eigenvalue weighted by atomic mass is 19.4. The van der Waals surface area contributed by atoms with E-state index in [0.717, 1.165) is 36.4 Å². The number of nitrogens with zero attached hydrogens (tertiary/aromatic N) is 4. The van der Waals surface area contributed by atoms with Gasteiger partial charge in [-0.05, 0) is 108 Å². The Bertz CT molecular complexity index is 3610. The Labute approximate surface area is 381 Å². The third-order valence-electron chi connectivity index (χ3n) is 12.2. The molecule has 0 bridgehead atoms. The number of fused-ring (bicyclic) bond motifs is 6. The highest BCUT2D eigenvalue weighted by Gasteiger charge is 2.38. The van der Waals surface area contributed by atoms with Crippen LogP contribution in [0.3, 0.4) is 0 Å². The van der Waals surface area contributed by atoms with Crippen LogP contribution in [-0.2, 0) is 18.5 Å². The largest absolute Gasteiger partial charge is 0.416 e. The summed E-state index contributed by atoms with van der Waals surface area (Å²) in [6, 6.07) is 39.8. The SMILES string of the molecule is [C-]#[N+]c1cccc(C(F)(F)F)c1-c1c(-n2c3ccccc3c3ccc(-c4cc(C)cc(C(F)(F)F)c4)cc32)cc(C#N)cc1-n1c2ccccc2c2ccc(-c3cc(C)cc(C(F)(F)F)c3)cc21. The van der Waals surface area contributed by atoms with Gasteiger partial charge in [0.25, 0.3) is 0 Å². The lowest BCUT2D eigenvalue weighted by Gasteiger charge is -2.24. The first-order valence-corrected chi connectivity index (χ1v) is 21.0. The van der Waals surface area contributed by atoms with E-state index in [1.807, 2.05) is 0 Å². The third kappa shape index (κ3) is 7.28. The number of hydrogen-bond donors (Lipinski definition) is 0. The van der Waals surface area contributed by atoms with Gasteiger partial charge in [-0.25, -0.2) is 4.85 Å². The van der Waals surface area contributed by atoms with E-state index in [2.05, 4.69) is 10.9 Å². The minimum Gasteiger partial charge on any atom is -0.309 e. The maximum Gasteiger partial charge on any atom is 0.416 e. The topological polar surface area (TPSA) is 38.0 Å². The van der Waals surface area contributed by atoms with Crippen LogP contribution in [0.1, 0.15) is 33.4 Å². The summed E-state index contributed by atoms with van der Waals surface area (Å²) in [7, 11) is 0. The minimum atomic E-state index is -5.02. The van der Waals surface area contributed by atoms with Crippen molar-refractivity contribution in [2.24, 2.45) is 0 Å². The first-order valence-electron chi connectivity index (χ1n) is 21.0. The Hall–Kier alpha value is -8.29. The normalized spacial score (nSPS) is 12.3. The second-order valence-corrected chi connectivity index (χ2v) is 16.7. The van der Waals surface area contributed by atoms with Crippen molar-refractivity contribution in [2.45, 2.75) is 32.4 Å². The van der Waals surface area contributed by atoms with Crippen LogP contribution in [0.5, 0.6) is 0 Å². The predicted octanol–water partition coefficient (Wildman–Crippen LogP) is 17.0. The summed E-state index contributed by atoms with van der Waals surface area (Å²) in [5, 5.41) is 13.3. The van der Waals surface area contributed by atoms with Gasteiger partial charge >= 0.3 is 18.5 Å². The summed E-state index contributed by atoms with van der Waals surface area (Å²) in [5.41, 5.74) is -0.206. The van der Waals surface area contributed by atoms with Crippen LogP contribution in [0.25, 0.3) is 93.2 Å². The first-order chi connectivity index (χ1) is 32.3. The quantitative estimate of drug-likeness (QED) is 0.125. The van der Waals surface area contributed by atoms with Crippen LogP contribution in [0.15, 0.2) is 152 Å². The number of rotatable bonds is 5. The predicted molar refractivity (Wildman–Crippen MR) is 247 cm³/mol. The zero-order chi connectivity index (χ0) is 48.0. The Balaban J connectivity index is 1.39. The number of hydrogen-bond acceptors (Lipinski definition) is 1. The van der Waals surface area contributed by atoms with E-state index in [1.54, 1.807) is 120 Å². The number of benzene rings is 8. The van der Waals surface area contributed by atoms with Crippen molar-refractivity contribution in [3.8, 4) is 50.8 Å². The molecule has 68 heavy (non-hydrogen) atoms. The molecule has 0 aliphatic rings. The number of aryl methyl sites for hydroxylation is 2. The molecular weight excluding hydrogens is 888 g/mol. The summed E-state index contributed by atoms with van der Waals surface area (Å²) >= 11 is 0. The van der Waals surface area contributed by atoms with Crippen molar-refractivity contribution in [1.82, 2.24) is 9.13 Å². The van der Waals surface area contributed by atoms with Crippen molar-refractivity contribution in [1.29, 1.82) is 5.26 Å². The van der Waals surface area contributed by atoms with E-state index in [4.69, 9.17) is 6.57 Å². The summed E-state index contributed by atoms with van der Waals surface area (Å²) in [6.07, 6.45) is -14.3. The molecule has 0 atom stereocenters. The van der Waals surface area contributed by atoms with Gasteiger partial charge in [0.2, 0.25) is 0 Å². The van der Waals surface area contributed by atoms with Gasteiger partial charge < -0.3 is 9.13 Å². The molecule has 0 spiro atoms. The van der Waals surface area contributed by atoms with E-state index in [1.165, 1.54) is 18.2 Å². The second-order valence-electron chi connectivity index (χ2n) is 16.7. The molecule has 0 N–H and O–H groups in total. The highest BCUT2D eigenvalue weighted by molar-refractivity contribution is 6.13. The van der Waals surface area contributed by atoms with Gasteiger partial charge in [-0.3, -0.25) is 0 Å². The summed E-state index contributed by atoms with van der Waals surface area (Å²) in [4.78, 5) is 3.62. The van der Waals surface area contributed by atoms with Crippen LogP contribution in [0, 0.1) is 31.8 Å². The van der Waals surface area contributed by atoms with Gasteiger partial charge in [-0.1, -0.05) is 91.0 Å². The maximum absolute atomic E-state index is 15.6. The molecule has 0 amide bonds. The van der Waals surface area contributed by atoms with Crippen molar-refractivity contribution >= 4 is 49.3 Å². The van der Waals surface area contributed by atoms with E-state index < -0.39 is 40.8 Å². The summed E-state index contributed by atoms with van der Waals surface area (Å²) < 4.78 is 135. The summed E-state index contributed by atoms with van der Waals surface area (Å²) in [6.45, 7) is 11.3. The Morgan fingerprint density at radius 3 is 1.34 bits per heavy atom. The molecule has 0 unspecified atom stereocenters.